The standard InChI is InChI=1S/C16H34N2O/c1-6-8-16(5,11-17-13(2)3)12-18-9-7-14(4)15(18)10-19/h13-15,17,19H,6-12H2,1-5H3. The summed E-state index contributed by atoms with van der Waals surface area (Å²) in [6.45, 7) is 15.0. The SMILES string of the molecule is CCCC(C)(CNC(C)C)CN1CCC(C)C1CO. The molecular formula is C16H34N2O. The lowest BCUT2D eigenvalue weighted by atomic mass is 9.84. The van der Waals surface area contributed by atoms with Gasteiger partial charge in [-0.05, 0) is 30.7 Å². The van der Waals surface area contributed by atoms with Crippen LogP contribution in [0.25, 0.3) is 0 Å². The van der Waals surface area contributed by atoms with Gasteiger partial charge in [-0.25, -0.2) is 0 Å². The monoisotopic (exact) mass is 270 g/mol. The first-order valence-electron chi connectivity index (χ1n) is 8.00. The highest BCUT2D eigenvalue weighted by Crippen LogP contribution is 2.30. The number of aliphatic hydroxyl groups is 1. The molecule has 0 saturated carbocycles. The second-order valence-electron chi connectivity index (χ2n) is 7.08. The zero-order valence-electron chi connectivity index (χ0n) is 13.6. The van der Waals surface area contributed by atoms with E-state index >= 15 is 0 Å². The number of likely N-dealkylation sites (tertiary alicyclic amines) is 1. The lowest BCUT2D eigenvalue weighted by molar-refractivity contribution is 0.0898. The lowest BCUT2D eigenvalue weighted by Gasteiger charge is -2.37. The maximum Gasteiger partial charge on any atom is 0.0589 e. The van der Waals surface area contributed by atoms with Crippen LogP contribution in [-0.4, -0.2) is 48.3 Å². The first-order chi connectivity index (χ1) is 8.91. The minimum Gasteiger partial charge on any atom is -0.395 e. The summed E-state index contributed by atoms with van der Waals surface area (Å²) in [5.74, 6) is 0.633. The van der Waals surface area contributed by atoms with Gasteiger partial charge >= 0.3 is 0 Å². The third-order valence-corrected chi connectivity index (χ3v) is 4.56. The van der Waals surface area contributed by atoms with Gasteiger partial charge in [0.2, 0.25) is 0 Å². The molecule has 0 aliphatic carbocycles. The van der Waals surface area contributed by atoms with Gasteiger partial charge in [0, 0.05) is 25.2 Å². The Bertz CT molecular complexity index is 257. The maximum atomic E-state index is 9.59. The van der Waals surface area contributed by atoms with Gasteiger partial charge in [0.15, 0.2) is 0 Å². The predicted molar refractivity (Wildman–Crippen MR) is 82.4 cm³/mol. The van der Waals surface area contributed by atoms with Crippen molar-refractivity contribution in [3.63, 3.8) is 0 Å². The summed E-state index contributed by atoms with van der Waals surface area (Å²) in [6, 6.07) is 0.914. The molecule has 1 heterocycles. The third kappa shape index (κ3) is 5.05. The van der Waals surface area contributed by atoms with Crippen LogP contribution in [0.1, 0.15) is 53.9 Å². The normalized spacial score (nSPS) is 27.9. The molecule has 0 aromatic rings. The van der Waals surface area contributed by atoms with E-state index < -0.39 is 0 Å². The Kier molecular flexibility index (Phi) is 6.78. The summed E-state index contributed by atoms with van der Waals surface area (Å²) >= 11 is 0. The second kappa shape index (κ2) is 7.61. The van der Waals surface area contributed by atoms with Crippen molar-refractivity contribution in [3.8, 4) is 0 Å². The van der Waals surface area contributed by atoms with Gasteiger partial charge in [0.1, 0.15) is 0 Å². The minimum absolute atomic E-state index is 0.307. The van der Waals surface area contributed by atoms with Crippen molar-refractivity contribution in [2.24, 2.45) is 11.3 Å². The molecule has 0 spiro atoms. The number of hydrogen-bond acceptors (Lipinski definition) is 3. The van der Waals surface area contributed by atoms with Gasteiger partial charge in [-0.1, -0.05) is 41.0 Å². The first-order valence-corrected chi connectivity index (χ1v) is 8.00. The fourth-order valence-electron chi connectivity index (χ4n) is 3.35. The van der Waals surface area contributed by atoms with Crippen LogP contribution in [0.15, 0.2) is 0 Å². The van der Waals surface area contributed by atoms with Crippen molar-refractivity contribution in [2.45, 2.75) is 66.0 Å². The van der Waals surface area contributed by atoms with Crippen molar-refractivity contribution >= 4 is 0 Å². The zero-order valence-corrected chi connectivity index (χ0v) is 13.6. The quantitative estimate of drug-likeness (QED) is 0.711. The van der Waals surface area contributed by atoms with Gasteiger partial charge in [-0.15, -0.1) is 0 Å². The van der Waals surface area contributed by atoms with Crippen LogP contribution >= 0.6 is 0 Å². The molecule has 3 unspecified atom stereocenters. The smallest absolute Gasteiger partial charge is 0.0589 e. The molecule has 1 aliphatic rings. The fraction of sp³-hybridized carbons (Fsp3) is 1.00. The molecule has 114 valence electrons. The van der Waals surface area contributed by atoms with Gasteiger partial charge < -0.3 is 10.4 Å². The average Bonchev–Trinajstić information content (AvgIpc) is 2.67. The summed E-state index contributed by atoms with van der Waals surface area (Å²) in [4.78, 5) is 2.52. The van der Waals surface area contributed by atoms with Crippen LogP contribution in [0.4, 0.5) is 0 Å². The van der Waals surface area contributed by atoms with Gasteiger partial charge in [-0.2, -0.15) is 0 Å². The van der Waals surface area contributed by atoms with Crippen LogP contribution in [0.5, 0.6) is 0 Å². The fourth-order valence-corrected chi connectivity index (χ4v) is 3.35. The van der Waals surface area contributed by atoms with Crippen molar-refractivity contribution in [1.82, 2.24) is 10.2 Å². The van der Waals surface area contributed by atoms with Crippen LogP contribution in [0, 0.1) is 11.3 Å². The topological polar surface area (TPSA) is 35.5 Å². The summed E-state index contributed by atoms with van der Waals surface area (Å²) in [7, 11) is 0. The molecule has 0 aromatic heterocycles. The lowest BCUT2D eigenvalue weighted by Crippen LogP contribution is -2.47. The predicted octanol–water partition coefficient (Wildman–Crippen LogP) is 2.49. The molecule has 0 amide bonds. The third-order valence-electron chi connectivity index (χ3n) is 4.56. The Labute approximate surface area is 119 Å². The number of hydrogen-bond donors (Lipinski definition) is 2. The molecule has 0 radical (unpaired) electrons. The van der Waals surface area contributed by atoms with Crippen LogP contribution in [0.2, 0.25) is 0 Å². The van der Waals surface area contributed by atoms with Crippen LogP contribution < -0.4 is 5.32 Å². The van der Waals surface area contributed by atoms with Gasteiger partial charge in [0.05, 0.1) is 6.61 Å². The molecule has 2 N–H and O–H groups in total. The molecule has 1 aliphatic heterocycles. The van der Waals surface area contributed by atoms with Crippen LogP contribution in [0.3, 0.4) is 0 Å². The molecule has 3 atom stereocenters. The van der Waals surface area contributed by atoms with Crippen molar-refractivity contribution in [2.75, 3.05) is 26.2 Å². The Morgan fingerprint density at radius 1 is 1.42 bits per heavy atom. The minimum atomic E-state index is 0.307. The summed E-state index contributed by atoms with van der Waals surface area (Å²) in [5.41, 5.74) is 0.316. The van der Waals surface area contributed by atoms with Gasteiger partial charge in [-0.3, -0.25) is 4.90 Å². The number of rotatable bonds is 8. The van der Waals surface area contributed by atoms with E-state index in [2.05, 4.69) is 44.8 Å². The number of nitrogens with one attached hydrogen (secondary N) is 1. The number of nitrogens with zero attached hydrogens (tertiary/aromatic N) is 1. The van der Waals surface area contributed by atoms with E-state index in [1.54, 1.807) is 0 Å². The second-order valence-corrected chi connectivity index (χ2v) is 7.08. The molecule has 0 bridgehead atoms. The van der Waals surface area contributed by atoms with E-state index in [0.717, 1.165) is 19.6 Å². The summed E-state index contributed by atoms with van der Waals surface area (Å²) < 4.78 is 0. The summed E-state index contributed by atoms with van der Waals surface area (Å²) in [5, 5.41) is 13.2. The van der Waals surface area contributed by atoms with Crippen molar-refractivity contribution in [3.05, 3.63) is 0 Å². The first kappa shape index (κ1) is 16.9. The Morgan fingerprint density at radius 3 is 2.63 bits per heavy atom. The average molecular weight is 270 g/mol. The molecular weight excluding hydrogens is 236 g/mol. The highest BCUT2D eigenvalue weighted by atomic mass is 16.3. The Hall–Kier alpha value is -0.120. The summed E-state index contributed by atoms with van der Waals surface area (Å²) in [6.07, 6.45) is 3.70. The highest BCUT2D eigenvalue weighted by molar-refractivity contribution is 4.89. The Morgan fingerprint density at radius 2 is 2.11 bits per heavy atom. The van der Waals surface area contributed by atoms with Crippen molar-refractivity contribution in [1.29, 1.82) is 0 Å². The van der Waals surface area contributed by atoms with E-state index in [4.69, 9.17) is 0 Å². The molecule has 1 fully saturated rings. The van der Waals surface area contributed by atoms with E-state index in [1.165, 1.54) is 19.3 Å². The zero-order chi connectivity index (χ0) is 14.5. The van der Waals surface area contributed by atoms with E-state index in [9.17, 15) is 5.11 Å². The van der Waals surface area contributed by atoms with Crippen LogP contribution in [-0.2, 0) is 0 Å². The van der Waals surface area contributed by atoms with Crippen molar-refractivity contribution < 1.29 is 5.11 Å². The molecule has 0 aromatic carbocycles. The molecule has 1 saturated heterocycles. The maximum absolute atomic E-state index is 9.59. The molecule has 19 heavy (non-hydrogen) atoms. The van der Waals surface area contributed by atoms with E-state index in [1.807, 2.05) is 0 Å². The largest absolute Gasteiger partial charge is 0.395 e. The molecule has 3 nitrogen and oxygen atoms in total. The number of aliphatic hydroxyl groups excluding tert-OH is 1. The highest BCUT2D eigenvalue weighted by Gasteiger charge is 2.35. The van der Waals surface area contributed by atoms with E-state index in [0.29, 0.717) is 30.0 Å². The Balaban J connectivity index is 2.61. The van der Waals surface area contributed by atoms with E-state index in [-0.39, 0.29) is 0 Å². The molecule has 3 heteroatoms. The molecule has 1 rings (SSSR count). The van der Waals surface area contributed by atoms with Gasteiger partial charge in [0.25, 0.3) is 0 Å².